The van der Waals surface area contributed by atoms with Gasteiger partial charge in [-0.15, -0.1) is 0 Å². The SMILES string of the molecule is O=C(Cc1ccncc1)N1CCOc2ccc(C(=O)N3CCCC3)cc2C1. The van der Waals surface area contributed by atoms with Gasteiger partial charge in [0.1, 0.15) is 12.4 Å². The van der Waals surface area contributed by atoms with E-state index in [1.165, 1.54) is 0 Å². The third-order valence-electron chi connectivity index (χ3n) is 5.14. The molecule has 1 aromatic heterocycles. The van der Waals surface area contributed by atoms with Gasteiger partial charge in [-0.2, -0.15) is 0 Å². The molecule has 0 saturated carbocycles. The van der Waals surface area contributed by atoms with Gasteiger partial charge < -0.3 is 14.5 Å². The molecule has 0 atom stereocenters. The molecule has 0 bridgehead atoms. The van der Waals surface area contributed by atoms with Gasteiger partial charge in [0.05, 0.1) is 13.0 Å². The number of aromatic nitrogens is 1. The van der Waals surface area contributed by atoms with Gasteiger partial charge in [0.2, 0.25) is 5.91 Å². The molecule has 2 aromatic rings. The molecule has 0 spiro atoms. The molecule has 0 radical (unpaired) electrons. The summed E-state index contributed by atoms with van der Waals surface area (Å²) < 4.78 is 5.81. The molecule has 0 unspecified atom stereocenters. The fourth-order valence-corrected chi connectivity index (χ4v) is 3.63. The molecule has 27 heavy (non-hydrogen) atoms. The number of benzene rings is 1. The van der Waals surface area contributed by atoms with Crippen molar-refractivity contribution in [1.29, 1.82) is 0 Å². The number of rotatable bonds is 3. The zero-order chi connectivity index (χ0) is 18.6. The second-order valence-corrected chi connectivity index (χ2v) is 7.02. The summed E-state index contributed by atoms with van der Waals surface area (Å²) in [5.41, 5.74) is 2.50. The van der Waals surface area contributed by atoms with E-state index < -0.39 is 0 Å². The number of carbonyl (C=O) groups is 2. The summed E-state index contributed by atoms with van der Waals surface area (Å²) in [5.74, 6) is 0.871. The van der Waals surface area contributed by atoms with Gasteiger partial charge in [-0.1, -0.05) is 0 Å². The zero-order valence-electron chi connectivity index (χ0n) is 15.3. The minimum Gasteiger partial charge on any atom is -0.491 e. The lowest BCUT2D eigenvalue weighted by Gasteiger charge is -2.20. The predicted octanol–water partition coefficient (Wildman–Crippen LogP) is 2.28. The van der Waals surface area contributed by atoms with Gasteiger partial charge in [-0.25, -0.2) is 0 Å². The Bertz CT molecular complexity index is 832. The van der Waals surface area contributed by atoms with Crippen LogP contribution in [0.3, 0.4) is 0 Å². The summed E-state index contributed by atoms with van der Waals surface area (Å²) in [6, 6.07) is 9.28. The van der Waals surface area contributed by atoms with E-state index in [9.17, 15) is 9.59 Å². The highest BCUT2D eigenvalue weighted by Gasteiger charge is 2.24. The Labute approximate surface area is 158 Å². The van der Waals surface area contributed by atoms with Crippen molar-refractivity contribution in [1.82, 2.24) is 14.8 Å². The van der Waals surface area contributed by atoms with Gasteiger partial charge in [0.15, 0.2) is 0 Å². The third kappa shape index (κ3) is 3.94. The Kier molecular flexibility index (Phi) is 5.05. The molecular weight excluding hydrogens is 342 g/mol. The molecule has 2 amide bonds. The standard InChI is InChI=1S/C21H23N3O3/c25-20(13-16-5-7-22-8-6-16)24-11-12-27-19-4-3-17(14-18(19)15-24)21(26)23-9-1-2-10-23/h3-8,14H,1-2,9-13,15H2. The normalized spacial score (nSPS) is 16.4. The molecule has 1 saturated heterocycles. The lowest BCUT2D eigenvalue weighted by atomic mass is 10.1. The molecule has 140 valence electrons. The largest absolute Gasteiger partial charge is 0.491 e. The molecule has 0 aliphatic carbocycles. The van der Waals surface area contributed by atoms with Crippen molar-refractivity contribution in [2.24, 2.45) is 0 Å². The van der Waals surface area contributed by atoms with Gasteiger partial charge in [0, 0.05) is 43.2 Å². The van der Waals surface area contributed by atoms with Crippen LogP contribution in [-0.4, -0.2) is 52.8 Å². The van der Waals surface area contributed by atoms with Crippen molar-refractivity contribution in [3.05, 3.63) is 59.4 Å². The maximum absolute atomic E-state index is 12.7. The lowest BCUT2D eigenvalue weighted by Crippen LogP contribution is -2.33. The van der Waals surface area contributed by atoms with Gasteiger partial charge >= 0.3 is 0 Å². The maximum Gasteiger partial charge on any atom is 0.253 e. The highest BCUT2D eigenvalue weighted by Crippen LogP contribution is 2.26. The van der Waals surface area contributed by atoms with Crippen LogP contribution in [0.1, 0.15) is 34.3 Å². The van der Waals surface area contributed by atoms with E-state index in [1.54, 1.807) is 17.3 Å². The summed E-state index contributed by atoms with van der Waals surface area (Å²) in [6.07, 6.45) is 5.86. The summed E-state index contributed by atoms with van der Waals surface area (Å²) >= 11 is 0. The Morgan fingerprint density at radius 3 is 2.56 bits per heavy atom. The number of hydrogen-bond donors (Lipinski definition) is 0. The average molecular weight is 365 g/mol. The van der Waals surface area contributed by atoms with E-state index in [-0.39, 0.29) is 11.8 Å². The lowest BCUT2D eigenvalue weighted by molar-refractivity contribution is -0.131. The fourth-order valence-electron chi connectivity index (χ4n) is 3.63. The first kappa shape index (κ1) is 17.5. The maximum atomic E-state index is 12.7. The van der Waals surface area contributed by atoms with Gasteiger partial charge in [-0.3, -0.25) is 14.6 Å². The Balaban J connectivity index is 1.51. The second-order valence-electron chi connectivity index (χ2n) is 7.02. The second kappa shape index (κ2) is 7.78. The van der Waals surface area contributed by atoms with Crippen molar-refractivity contribution in [2.75, 3.05) is 26.2 Å². The third-order valence-corrected chi connectivity index (χ3v) is 5.14. The molecule has 6 nitrogen and oxygen atoms in total. The summed E-state index contributed by atoms with van der Waals surface area (Å²) in [5, 5.41) is 0. The molecule has 2 aliphatic heterocycles. The van der Waals surface area contributed by atoms with Crippen molar-refractivity contribution < 1.29 is 14.3 Å². The molecular formula is C21H23N3O3. The minimum absolute atomic E-state index is 0.0499. The van der Waals surface area contributed by atoms with Crippen LogP contribution in [0.2, 0.25) is 0 Å². The van der Waals surface area contributed by atoms with Crippen LogP contribution in [0.25, 0.3) is 0 Å². The molecule has 1 aromatic carbocycles. The van der Waals surface area contributed by atoms with E-state index in [1.807, 2.05) is 35.2 Å². The summed E-state index contributed by atoms with van der Waals surface area (Å²) in [6.45, 7) is 3.09. The van der Waals surface area contributed by atoms with Crippen LogP contribution in [0.15, 0.2) is 42.7 Å². The van der Waals surface area contributed by atoms with E-state index >= 15 is 0 Å². The molecule has 0 N–H and O–H groups in total. The molecule has 1 fully saturated rings. The summed E-state index contributed by atoms with van der Waals surface area (Å²) in [7, 11) is 0. The quantitative estimate of drug-likeness (QED) is 0.837. The van der Waals surface area contributed by atoms with E-state index in [0.29, 0.717) is 31.7 Å². The topological polar surface area (TPSA) is 62.7 Å². The Morgan fingerprint density at radius 2 is 1.78 bits per heavy atom. The van der Waals surface area contributed by atoms with E-state index in [4.69, 9.17) is 4.74 Å². The number of fused-ring (bicyclic) bond motifs is 1. The number of pyridine rings is 1. The average Bonchev–Trinajstić information content (AvgIpc) is 3.14. The molecule has 3 heterocycles. The van der Waals surface area contributed by atoms with Crippen molar-refractivity contribution in [3.8, 4) is 5.75 Å². The van der Waals surface area contributed by atoms with Crippen molar-refractivity contribution >= 4 is 11.8 Å². The number of ether oxygens (including phenoxy) is 1. The van der Waals surface area contributed by atoms with Crippen LogP contribution in [-0.2, 0) is 17.8 Å². The zero-order valence-corrected chi connectivity index (χ0v) is 15.3. The van der Waals surface area contributed by atoms with Crippen LogP contribution in [0.4, 0.5) is 0 Å². The van der Waals surface area contributed by atoms with Crippen LogP contribution in [0.5, 0.6) is 5.75 Å². The fraction of sp³-hybridized carbons (Fsp3) is 0.381. The number of amides is 2. The number of carbonyl (C=O) groups excluding carboxylic acids is 2. The van der Waals surface area contributed by atoms with E-state index in [0.717, 1.165) is 42.8 Å². The first-order valence-electron chi connectivity index (χ1n) is 9.42. The molecule has 4 rings (SSSR count). The number of nitrogens with zero attached hydrogens (tertiary/aromatic N) is 3. The Morgan fingerprint density at radius 1 is 1.00 bits per heavy atom. The Hall–Kier alpha value is -2.89. The molecule has 6 heteroatoms. The predicted molar refractivity (Wildman–Crippen MR) is 100 cm³/mol. The highest BCUT2D eigenvalue weighted by molar-refractivity contribution is 5.94. The highest BCUT2D eigenvalue weighted by atomic mass is 16.5. The van der Waals surface area contributed by atoms with Crippen molar-refractivity contribution in [3.63, 3.8) is 0 Å². The van der Waals surface area contributed by atoms with Gasteiger partial charge in [0.25, 0.3) is 5.91 Å². The number of hydrogen-bond acceptors (Lipinski definition) is 4. The van der Waals surface area contributed by atoms with Crippen LogP contribution < -0.4 is 4.74 Å². The molecule has 2 aliphatic rings. The number of likely N-dealkylation sites (tertiary alicyclic amines) is 1. The first-order chi connectivity index (χ1) is 13.2. The van der Waals surface area contributed by atoms with Crippen molar-refractivity contribution in [2.45, 2.75) is 25.8 Å². The van der Waals surface area contributed by atoms with Crippen LogP contribution >= 0.6 is 0 Å². The van der Waals surface area contributed by atoms with Gasteiger partial charge in [-0.05, 0) is 48.7 Å². The monoisotopic (exact) mass is 365 g/mol. The first-order valence-corrected chi connectivity index (χ1v) is 9.42. The smallest absolute Gasteiger partial charge is 0.253 e. The van der Waals surface area contributed by atoms with Crippen LogP contribution in [0, 0.1) is 0 Å². The minimum atomic E-state index is 0.0499. The van der Waals surface area contributed by atoms with E-state index in [2.05, 4.69) is 4.98 Å². The summed E-state index contributed by atoms with van der Waals surface area (Å²) in [4.78, 5) is 33.1.